The van der Waals surface area contributed by atoms with Crippen molar-refractivity contribution in [1.29, 1.82) is 0 Å². The predicted molar refractivity (Wildman–Crippen MR) is 309 cm³/mol. The molecule has 0 unspecified atom stereocenters. The van der Waals surface area contributed by atoms with E-state index in [9.17, 15) is 19.8 Å². The van der Waals surface area contributed by atoms with Gasteiger partial charge in [-0.05, 0) is 85.7 Å². The van der Waals surface area contributed by atoms with Gasteiger partial charge >= 0.3 is 0 Å². The molecule has 378 valence electrons. The molecule has 0 fully saturated rings. The maximum absolute atomic E-state index is 13.8. The molecule has 4 aromatic carbocycles. The minimum Gasteiger partial charge on any atom is -0.496 e. The van der Waals surface area contributed by atoms with Crippen LogP contribution in [0.15, 0.2) is 131 Å². The van der Waals surface area contributed by atoms with Crippen LogP contribution >= 0.6 is 0 Å². The van der Waals surface area contributed by atoms with Crippen molar-refractivity contribution in [3.8, 4) is 44.5 Å². The molecular weight excluding hydrogens is 933 g/mol. The summed E-state index contributed by atoms with van der Waals surface area (Å²) in [5.41, 5.74) is 12.4. The maximum Gasteiger partial charge on any atom is 0.229 e. The normalized spacial score (nSPS) is 14.2. The Bertz CT molecular complexity index is 3450. The van der Waals surface area contributed by atoms with Crippen molar-refractivity contribution in [2.45, 2.75) is 86.5 Å². The first-order valence-electron chi connectivity index (χ1n) is 25.8. The Balaban J connectivity index is 1.39. The quantitative estimate of drug-likeness (QED) is 0.102. The predicted octanol–water partition coefficient (Wildman–Crippen LogP) is 16.2. The van der Waals surface area contributed by atoms with Gasteiger partial charge in [-0.2, -0.15) is 0 Å². The zero-order chi connectivity index (χ0) is 52.4. The number of para-hydroxylation sites is 4. The number of aliphatic hydroxyl groups excluding tert-OH is 2. The van der Waals surface area contributed by atoms with Gasteiger partial charge in [0.15, 0.2) is 11.8 Å². The third kappa shape index (κ3) is 10.6. The number of benzene rings is 4. The number of nitrogens with one attached hydrogen (secondary N) is 4. The van der Waals surface area contributed by atoms with Crippen LogP contribution in [0.25, 0.3) is 90.9 Å². The number of carbonyl (C=O) groups excluding carboxylic acids is 2. The fraction of sp³-hybridized carbons (Fsp3) is 0.238. The lowest BCUT2D eigenvalue weighted by atomic mass is 9.94. The van der Waals surface area contributed by atoms with Gasteiger partial charge in [0, 0.05) is 102 Å². The first-order chi connectivity index (χ1) is 36.1. The fourth-order valence-corrected chi connectivity index (χ4v) is 9.63. The highest BCUT2D eigenvalue weighted by atomic mass is 16.3. The van der Waals surface area contributed by atoms with Crippen LogP contribution in [0, 0.1) is 10.8 Å². The van der Waals surface area contributed by atoms with Gasteiger partial charge in [0.25, 0.3) is 0 Å². The SMILES string of the molecule is CC(C)(C)C(=O)Nc1ccccc1-c1c2nc(c3c4ccc([nH]4)c(-c4ccccc4NC(=O)C(C)(C)C)c4nc(c(c5ccc1[nH]5)-c1ccccc1N=C(O)CCCCCCCC(O)=Nc1ccccc1-3)C=C4)C=C2. The molecule has 12 nitrogen and oxygen atoms in total. The topological polar surface area (TPSA) is 181 Å². The summed E-state index contributed by atoms with van der Waals surface area (Å²) in [6.45, 7) is 11.3. The van der Waals surface area contributed by atoms with Crippen LogP contribution in [0.2, 0.25) is 0 Å². The summed E-state index contributed by atoms with van der Waals surface area (Å²) >= 11 is 0. The Hall–Kier alpha value is -8.64. The lowest BCUT2D eigenvalue weighted by Gasteiger charge is -2.19. The van der Waals surface area contributed by atoms with Crippen molar-refractivity contribution in [1.82, 2.24) is 19.9 Å². The van der Waals surface area contributed by atoms with Crippen LogP contribution in [0.5, 0.6) is 0 Å². The van der Waals surface area contributed by atoms with Gasteiger partial charge in [-0.3, -0.25) is 9.59 Å². The number of hydrogen-bond donors (Lipinski definition) is 6. The molecule has 75 heavy (non-hydrogen) atoms. The molecule has 0 saturated carbocycles. The molecule has 0 saturated heterocycles. The average molecular weight is 995 g/mol. The van der Waals surface area contributed by atoms with E-state index in [-0.39, 0.29) is 23.6 Å². The summed E-state index contributed by atoms with van der Waals surface area (Å²) in [6, 6.07) is 39.2. The molecular formula is C63H62N8O4. The molecule has 10 rings (SSSR count). The number of aromatic nitrogens is 4. The minimum absolute atomic E-state index is 0.0309. The Morgan fingerprint density at radius 2 is 0.733 bits per heavy atom. The van der Waals surface area contributed by atoms with E-state index < -0.39 is 10.8 Å². The molecule has 12 heteroatoms. The van der Waals surface area contributed by atoms with Crippen LogP contribution in [-0.4, -0.2) is 53.8 Å². The highest BCUT2D eigenvalue weighted by Gasteiger charge is 2.27. The first-order valence-corrected chi connectivity index (χ1v) is 25.8. The largest absolute Gasteiger partial charge is 0.496 e. The number of hydrogen-bond acceptors (Lipinski definition) is 6. The minimum atomic E-state index is -0.678. The maximum atomic E-state index is 13.8. The van der Waals surface area contributed by atoms with Crippen LogP contribution in [0.4, 0.5) is 22.7 Å². The Kier molecular flexibility index (Phi) is 13.8. The van der Waals surface area contributed by atoms with Crippen LogP contribution in [0.3, 0.4) is 0 Å². The zero-order valence-electron chi connectivity index (χ0n) is 43.3. The molecule has 0 atom stereocenters. The Morgan fingerprint density at radius 3 is 1.09 bits per heavy atom. The lowest BCUT2D eigenvalue weighted by Crippen LogP contribution is -2.27. The molecule has 10 bridgehead atoms. The molecule has 6 heterocycles. The highest BCUT2D eigenvalue weighted by Crippen LogP contribution is 2.44. The van der Waals surface area contributed by atoms with Crippen LogP contribution < -0.4 is 10.6 Å². The van der Waals surface area contributed by atoms with E-state index in [2.05, 4.69) is 20.6 Å². The van der Waals surface area contributed by atoms with E-state index in [1.165, 1.54) is 0 Å². The van der Waals surface area contributed by atoms with E-state index >= 15 is 0 Å². The van der Waals surface area contributed by atoms with Gasteiger partial charge in [0.2, 0.25) is 11.8 Å². The van der Waals surface area contributed by atoms with Crippen molar-refractivity contribution < 1.29 is 19.8 Å². The number of fused-ring (bicyclic) bond motifs is 10. The van der Waals surface area contributed by atoms with Gasteiger partial charge in [0.1, 0.15) is 0 Å². The number of rotatable bonds is 4. The monoisotopic (exact) mass is 994 g/mol. The van der Waals surface area contributed by atoms with E-state index in [1.54, 1.807) is 0 Å². The molecule has 3 aromatic heterocycles. The summed E-state index contributed by atoms with van der Waals surface area (Å²) in [6.07, 6.45) is 13.0. The highest BCUT2D eigenvalue weighted by molar-refractivity contribution is 6.07. The molecule has 0 radical (unpaired) electrons. The van der Waals surface area contributed by atoms with Crippen LogP contribution in [0.1, 0.15) is 109 Å². The smallest absolute Gasteiger partial charge is 0.229 e. The van der Waals surface area contributed by atoms with Gasteiger partial charge in [-0.15, -0.1) is 0 Å². The molecule has 3 aliphatic rings. The number of amides is 2. The molecule has 0 aliphatic carbocycles. The van der Waals surface area contributed by atoms with Gasteiger partial charge in [-0.25, -0.2) is 20.0 Å². The van der Waals surface area contributed by atoms with E-state index in [0.29, 0.717) is 58.4 Å². The third-order valence-corrected chi connectivity index (χ3v) is 13.7. The average Bonchev–Trinajstić information content (AvgIpc) is 4.24. The molecule has 2 amide bonds. The van der Waals surface area contributed by atoms with Crippen molar-refractivity contribution in [2.24, 2.45) is 20.8 Å². The van der Waals surface area contributed by atoms with Gasteiger partial charge < -0.3 is 30.8 Å². The number of aliphatic hydroxyl groups is 2. The summed E-state index contributed by atoms with van der Waals surface area (Å²) < 4.78 is 0. The van der Waals surface area contributed by atoms with Crippen molar-refractivity contribution in [3.63, 3.8) is 0 Å². The molecule has 7 aromatic rings. The zero-order valence-corrected chi connectivity index (χ0v) is 43.3. The number of aromatic amines is 2. The second-order valence-corrected chi connectivity index (χ2v) is 21.4. The number of H-pyrrole nitrogens is 2. The second-order valence-electron chi connectivity index (χ2n) is 21.4. The van der Waals surface area contributed by atoms with E-state index in [1.807, 2.05) is 187 Å². The summed E-state index contributed by atoms with van der Waals surface area (Å²) in [4.78, 5) is 56.0. The van der Waals surface area contributed by atoms with Crippen LogP contribution in [-0.2, 0) is 9.59 Å². The number of nitrogens with zero attached hydrogens (tertiary/aromatic N) is 4. The molecule has 6 N–H and O–H groups in total. The summed E-state index contributed by atoms with van der Waals surface area (Å²) in [5, 5.41) is 29.4. The Labute approximate surface area is 437 Å². The van der Waals surface area contributed by atoms with Gasteiger partial charge in [0.05, 0.1) is 34.2 Å². The Morgan fingerprint density at radius 1 is 0.427 bits per heavy atom. The standard InChI is InChI=1S/C63H62N8O4/c1-62(2,3)60(74)70-44-26-18-14-22-40(44)58-50-34-30-46(64-50)56-38-20-12-16-24-42(38)68-54(72)28-10-8-7-9-11-29-55(73)69-43-25-17-13-21-39(43)57(47-31-35-51(58)65-47)49-33-37-53(67-49)59(52-36-32-48(56)66-52)41-23-15-19-27-45(41)71-61(75)63(4,5)6/h12-27,30-37,64,67H,7-11,28-29H2,1-6H3,(H,68,72)(H,69,73)(H,70,74)(H,71,75). The van der Waals surface area contributed by atoms with Gasteiger partial charge in [-0.1, -0.05) is 134 Å². The molecule has 3 aliphatic heterocycles. The number of carbonyl (C=O) groups is 2. The van der Waals surface area contributed by atoms with E-state index in [0.717, 1.165) is 98.7 Å². The fourth-order valence-electron chi connectivity index (χ4n) is 9.63. The molecule has 0 spiro atoms. The lowest BCUT2D eigenvalue weighted by molar-refractivity contribution is -0.123. The third-order valence-electron chi connectivity index (χ3n) is 13.7. The first kappa shape index (κ1) is 49.9. The summed E-state index contributed by atoms with van der Waals surface area (Å²) in [7, 11) is 0. The van der Waals surface area contributed by atoms with Crippen molar-refractivity contribution in [3.05, 3.63) is 144 Å². The van der Waals surface area contributed by atoms with Crippen molar-refractivity contribution in [2.75, 3.05) is 10.6 Å². The number of aliphatic imine (C=N–C) groups is 2. The number of anilines is 2. The van der Waals surface area contributed by atoms with E-state index in [4.69, 9.17) is 20.0 Å². The van der Waals surface area contributed by atoms with Crippen molar-refractivity contribution >= 4 is 92.7 Å². The second kappa shape index (κ2) is 20.7. The summed E-state index contributed by atoms with van der Waals surface area (Å²) in [5.74, 6) is -0.214.